The van der Waals surface area contributed by atoms with E-state index in [1.54, 1.807) is 48.8 Å². The third kappa shape index (κ3) is 6.04. The number of aryl methyl sites for hydroxylation is 1. The molecule has 0 saturated carbocycles. The Balaban J connectivity index is 1.86. The van der Waals surface area contributed by atoms with Gasteiger partial charge < -0.3 is 5.32 Å². The summed E-state index contributed by atoms with van der Waals surface area (Å²) in [6, 6.07) is 14.9. The van der Waals surface area contributed by atoms with E-state index in [2.05, 4.69) is 10.3 Å². The number of pyridine rings is 1. The quantitative estimate of drug-likeness (QED) is 0.526. The van der Waals surface area contributed by atoms with E-state index in [9.17, 15) is 13.2 Å². The minimum Gasteiger partial charge on any atom is -0.351 e. The van der Waals surface area contributed by atoms with Crippen LogP contribution in [0.2, 0.25) is 10.0 Å². The summed E-state index contributed by atoms with van der Waals surface area (Å²) in [5, 5.41) is 3.38. The van der Waals surface area contributed by atoms with E-state index in [0.717, 1.165) is 15.4 Å². The molecule has 6 nitrogen and oxygen atoms in total. The molecule has 0 aliphatic rings. The van der Waals surface area contributed by atoms with Crippen LogP contribution in [0, 0.1) is 6.92 Å². The van der Waals surface area contributed by atoms with Gasteiger partial charge >= 0.3 is 0 Å². The van der Waals surface area contributed by atoms with Crippen molar-refractivity contribution in [2.45, 2.75) is 24.9 Å². The number of nitrogens with one attached hydrogen (secondary N) is 1. The summed E-state index contributed by atoms with van der Waals surface area (Å²) in [5.41, 5.74) is 2.16. The first-order chi connectivity index (χ1) is 14.8. The molecule has 0 radical (unpaired) electrons. The molecule has 31 heavy (non-hydrogen) atoms. The number of nitrogens with zero attached hydrogens (tertiary/aromatic N) is 2. The predicted molar refractivity (Wildman–Crippen MR) is 121 cm³/mol. The zero-order chi connectivity index (χ0) is 22.4. The van der Waals surface area contributed by atoms with Crippen molar-refractivity contribution in [3.63, 3.8) is 0 Å². The Morgan fingerprint density at radius 1 is 1.03 bits per heavy atom. The summed E-state index contributed by atoms with van der Waals surface area (Å²) in [4.78, 5) is 16.7. The van der Waals surface area contributed by atoms with Crippen LogP contribution in [-0.4, -0.2) is 30.2 Å². The monoisotopic (exact) mass is 477 g/mol. The highest BCUT2D eigenvalue weighted by atomic mass is 35.5. The molecule has 1 N–H and O–H groups in total. The highest BCUT2D eigenvalue weighted by Crippen LogP contribution is 2.28. The highest BCUT2D eigenvalue weighted by molar-refractivity contribution is 7.89. The molecule has 2 aromatic carbocycles. The molecule has 0 aliphatic heterocycles. The molecule has 0 unspecified atom stereocenters. The lowest BCUT2D eigenvalue weighted by Crippen LogP contribution is -2.40. The van der Waals surface area contributed by atoms with Crippen molar-refractivity contribution in [3.05, 3.63) is 93.7 Å². The van der Waals surface area contributed by atoms with E-state index < -0.39 is 22.5 Å². The number of hydrogen-bond donors (Lipinski definition) is 1. The molecule has 0 atom stereocenters. The van der Waals surface area contributed by atoms with Crippen molar-refractivity contribution < 1.29 is 13.2 Å². The first-order valence-corrected chi connectivity index (χ1v) is 11.6. The normalized spacial score (nSPS) is 11.5. The van der Waals surface area contributed by atoms with Crippen molar-refractivity contribution in [3.8, 4) is 0 Å². The van der Waals surface area contributed by atoms with Crippen LogP contribution in [0.3, 0.4) is 0 Å². The average Bonchev–Trinajstić information content (AvgIpc) is 2.75. The van der Waals surface area contributed by atoms with Crippen LogP contribution >= 0.6 is 23.2 Å². The zero-order valence-electron chi connectivity index (χ0n) is 16.8. The third-order valence-electron chi connectivity index (χ3n) is 4.59. The Kier molecular flexibility index (Phi) is 7.67. The molecule has 0 fully saturated rings. The number of aromatic nitrogens is 1. The second kappa shape index (κ2) is 10.2. The standard InChI is InChI=1S/C22H21Cl2N3O3S/c1-16-7-9-18(10-8-16)31(29,30)27(14-19-20(23)5-2-6-21(19)24)15-22(28)26-13-17-4-3-11-25-12-17/h2-12H,13-15H2,1H3,(H,26,28). The summed E-state index contributed by atoms with van der Waals surface area (Å²) in [6.07, 6.45) is 3.26. The van der Waals surface area contributed by atoms with E-state index in [1.807, 2.05) is 13.0 Å². The molecule has 0 spiro atoms. The molecule has 9 heteroatoms. The fraction of sp³-hybridized carbons (Fsp3) is 0.182. The third-order valence-corrected chi connectivity index (χ3v) is 7.10. The van der Waals surface area contributed by atoms with Gasteiger partial charge in [-0.05, 0) is 42.8 Å². The molecular formula is C22H21Cl2N3O3S. The second-order valence-corrected chi connectivity index (χ2v) is 9.68. The Hall–Kier alpha value is -2.45. The Morgan fingerprint density at radius 3 is 2.32 bits per heavy atom. The highest BCUT2D eigenvalue weighted by Gasteiger charge is 2.28. The fourth-order valence-electron chi connectivity index (χ4n) is 2.86. The molecule has 0 aliphatic carbocycles. The maximum Gasteiger partial charge on any atom is 0.243 e. The number of rotatable bonds is 8. The fourth-order valence-corrected chi connectivity index (χ4v) is 4.75. The molecule has 1 heterocycles. The maximum absolute atomic E-state index is 13.3. The van der Waals surface area contributed by atoms with Crippen LogP contribution in [0.4, 0.5) is 0 Å². The van der Waals surface area contributed by atoms with Crippen LogP contribution < -0.4 is 5.32 Å². The molecule has 3 aromatic rings. The Labute approximate surface area is 191 Å². The van der Waals surface area contributed by atoms with Gasteiger partial charge in [0.2, 0.25) is 15.9 Å². The molecule has 1 amide bonds. The van der Waals surface area contributed by atoms with Gasteiger partial charge in [0.15, 0.2) is 0 Å². The summed E-state index contributed by atoms with van der Waals surface area (Å²) in [5.74, 6) is -0.456. The van der Waals surface area contributed by atoms with E-state index >= 15 is 0 Å². The lowest BCUT2D eigenvalue weighted by atomic mass is 10.2. The van der Waals surface area contributed by atoms with Crippen LogP contribution in [0.5, 0.6) is 0 Å². The molecular weight excluding hydrogens is 457 g/mol. The van der Waals surface area contributed by atoms with Gasteiger partial charge in [-0.2, -0.15) is 4.31 Å². The van der Waals surface area contributed by atoms with Crippen LogP contribution in [0.15, 0.2) is 71.9 Å². The number of sulfonamides is 1. The minimum absolute atomic E-state index is 0.0846. The van der Waals surface area contributed by atoms with E-state index in [0.29, 0.717) is 15.6 Å². The van der Waals surface area contributed by atoms with E-state index in [4.69, 9.17) is 23.2 Å². The summed E-state index contributed by atoms with van der Waals surface area (Å²) in [6.45, 7) is 1.56. The van der Waals surface area contributed by atoms with Crippen molar-refractivity contribution in [1.29, 1.82) is 0 Å². The molecule has 1 aromatic heterocycles. The van der Waals surface area contributed by atoms with Gasteiger partial charge in [0.1, 0.15) is 0 Å². The van der Waals surface area contributed by atoms with Crippen LogP contribution in [0.25, 0.3) is 0 Å². The zero-order valence-corrected chi connectivity index (χ0v) is 19.1. The minimum atomic E-state index is -3.98. The topological polar surface area (TPSA) is 79.4 Å². The average molecular weight is 478 g/mol. The summed E-state index contributed by atoms with van der Waals surface area (Å²) in [7, 11) is -3.98. The first-order valence-electron chi connectivity index (χ1n) is 9.42. The second-order valence-electron chi connectivity index (χ2n) is 6.92. The Morgan fingerprint density at radius 2 is 1.71 bits per heavy atom. The molecule has 3 rings (SSSR count). The van der Waals surface area contributed by atoms with Crippen molar-refractivity contribution in [1.82, 2.24) is 14.6 Å². The summed E-state index contributed by atoms with van der Waals surface area (Å²) < 4.78 is 27.7. The predicted octanol–water partition coefficient (Wildman–Crippen LogP) is 4.20. The maximum atomic E-state index is 13.3. The number of amides is 1. The lowest BCUT2D eigenvalue weighted by Gasteiger charge is -2.23. The first kappa shape index (κ1) is 23.2. The van der Waals surface area contributed by atoms with Gasteiger partial charge in [-0.3, -0.25) is 9.78 Å². The van der Waals surface area contributed by atoms with Crippen molar-refractivity contribution in [2.75, 3.05) is 6.54 Å². The summed E-state index contributed by atoms with van der Waals surface area (Å²) >= 11 is 12.5. The number of benzene rings is 2. The number of carbonyl (C=O) groups is 1. The van der Waals surface area contributed by atoms with Gasteiger partial charge in [-0.25, -0.2) is 8.42 Å². The Bertz CT molecular complexity index is 1130. The van der Waals surface area contributed by atoms with E-state index in [-0.39, 0.29) is 18.0 Å². The lowest BCUT2D eigenvalue weighted by molar-refractivity contribution is -0.121. The largest absolute Gasteiger partial charge is 0.351 e. The van der Waals surface area contributed by atoms with Crippen LogP contribution in [-0.2, 0) is 27.9 Å². The molecule has 162 valence electrons. The van der Waals surface area contributed by atoms with E-state index in [1.165, 1.54) is 12.1 Å². The van der Waals surface area contributed by atoms with Crippen molar-refractivity contribution in [2.24, 2.45) is 0 Å². The SMILES string of the molecule is Cc1ccc(S(=O)(=O)N(CC(=O)NCc2cccnc2)Cc2c(Cl)cccc2Cl)cc1. The van der Waals surface area contributed by atoms with Gasteiger partial charge in [0, 0.05) is 41.1 Å². The number of hydrogen-bond acceptors (Lipinski definition) is 4. The van der Waals surface area contributed by atoms with Gasteiger partial charge in [-0.15, -0.1) is 0 Å². The van der Waals surface area contributed by atoms with Crippen LogP contribution in [0.1, 0.15) is 16.7 Å². The smallest absolute Gasteiger partial charge is 0.243 e. The van der Waals surface area contributed by atoms with Gasteiger partial charge in [-0.1, -0.05) is 53.0 Å². The number of carbonyl (C=O) groups excluding carboxylic acids is 1. The van der Waals surface area contributed by atoms with Gasteiger partial charge in [0.05, 0.1) is 11.4 Å². The van der Waals surface area contributed by atoms with Gasteiger partial charge in [0.25, 0.3) is 0 Å². The number of halogens is 2. The molecule has 0 bridgehead atoms. The molecule has 0 saturated heterocycles. The van der Waals surface area contributed by atoms with Crippen molar-refractivity contribution >= 4 is 39.1 Å².